The Labute approximate surface area is 128 Å². The lowest BCUT2D eigenvalue weighted by Crippen LogP contribution is -2.47. The van der Waals surface area contributed by atoms with Crippen molar-refractivity contribution in [2.45, 2.75) is 45.1 Å². The van der Waals surface area contributed by atoms with Crippen molar-refractivity contribution >= 4 is 5.91 Å². The van der Waals surface area contributed by atoms with Gasteiger partial charge in [0.05, 0.1) is 12.6 Å². The van der Waals surface area contributed by atoms with Gasteiger partial charge in [-0.1, -0.05) is 6.92 Å². The van der Waals surface area contributed by atoms with Crippen molar-refractivity contribution in [3.63, 3.8) is 0 Å². The van der Waals surface area contributed by atoms with Crippen molar-refractivity contribution in [2.75, 3.05) is 45.9 Å². The third-order valence-electron chi connectivity index (χ3n) is 4.56. The van der Waals surface area contributed by atoms with Gasteiger partial charge in [-0.15, -0.1) is 0 Å². The minimum atomic E-state index is 0.196. The SMILES string of the molecule is CC1CCCN(C(=O)CN2CCC(OCCCO)CC2)C1. The van der Waals surface area contributed by atoms with Crippen LogP contribution in [0.4, 0.5) is 0 Å². The van der Waals surface area contributed by atoms with Gasteiger partial charge in [-0.05, 0) is 38.0 Å². The van der Waals surface area contributed by atoms with Crippen LogP contribution in [0.2, 0.25) is 0 Å². The highest BCUT2D eigenvalue weighted by molar-refractivity contribution is 5.78. The van der Waals surface area contributed by atoms with Crippen LogP contribution in [0, 0.1) is 5.92 Å². The molecule has 122 valence electrons. The van der Waals surface area contributed by atoms with E-state index < -0.39 is 0 Å². The summed E-state index contributed by atoms with van der Waals surface area (Å²) in [5.74, 6) is 0.939. The summed E-state index contributed by atoms with van der Waals surface area (Å²) < 4.78 is 5.73. The Morgan fingerprint density at radius 3 is 2.67 bits per heavy atom. The van der Waals surface area contributed by atoms with E-state index in [1.807, 2.05) is 4.90 Å². The molecule has 2 heterocycles. The first kappa shape index (κ1) is 16.7. The first-order valence-electron chi connectivity index (χ1n) is 8.41. The van der Waals surface area contributed by atoms with Gasteiger partial charge in [0.15, 0.2) is 0 Å². The zero-order valence-corrected chi connectivity index (χ0v) is 13.3. The number of amides is 1. The lowest BCUT2D eigenvalue weighted by atomic mass is 10.0. The molecule has 2 rings (SSSR count). The van der Waals surface area contributed by atoms with Crippen LogP contribution in [0.25, 0.3) is 0 Å². The highest BCUT2D eigenvalue weighted by Crippen LogP contribution is 2.17. The van der Waals surface area contributed by atoms with Gasteiger partial charge < -0.3 is 14.7 Å². The quantitative estimate of drug-likeness (QED) is 0.746. The van der Waals surface area contributed by atoms with Crippen molar-refractivity contribution in [3.8, 4) is 0 Å². The van der Waals surface area contributed by atoms with E-state index in [1.165, 1.54) is 6.42 Å². The lowest BCUT2D eigenvalue weighted by Gasteiger charge is -2.35. The normalized spacial score (nSPS) is 25.2. The molecule has 1 atom stereocenters. The van der Waals surface area contributed by atoms with Gasteiger partial charge in [-0.3, -0.25) is 9.69 Å². The summed E-state index contributed by atoms with van der Waals surface area (Å²) >= 11 is 0. The smallest absolute Gasteiger partial charge is 0.236 e. The lowest BCUT2D eigenvalue weighted by molar-refractivity contribution is -0.134. The number of hydrogen-bond acceptors (Lipinski definition) is 4. The number of rotatable bonds is 6. The number of ether oxygens (including phenoxy) is 1. The number of aliphatic hydroxyl groups excluding tert-OH is 1. The molecule has 0 aromatic rings. The van der Waals surface area contributed by atoms with Gasteiger partial charge in [0, 0.05) is 39.4 Å². The van der Waals surface area contributed by atoms with Crippen LogP contribution in [0.3, 0.4) is 0 Å². The first-order chi connectivity index (χ1) is 10.2. The first-order valence-corrected chi connectivity index (χ1v) is 8.41. The zero-order valence-electron chi connectivity index (χ0n) is 13.3. The molecular weight excluding hydrogens is 268 g/mol. The predicted molar refractivity (Wildman–Crippen MR) is 82.1 cm³/mol. The number of likely N-dealkylation sites (tertiary alicyclic amines) is 2. The molecule has 0 aromatic heterocycles. The van der Waals surface area contributed by atoms with Crippen LogP contribution in [0.5, 0.6) is 0 Å². The summed E-state index contributed by atoms with van der Waals surface area (Å²) in [5.41, 5.74) is 0. The highest BCUT2D eigenvalue weighted by Gasteiger charge is 2.25. The third-order valence-corrected chi connectivity index (χ3v) is 4.56. The van der Waals surface area contributed by atoms with E-state index in [-0.39, 0.29) is 6.61 Å². The molecule has 21 heavy (non-hydrogen) atoms. The van der Waals surface area contributed by atoms with Crippen molar-refractivity contribution < 1.29 is 14.6 Å². The molecule has 1 N–H and O–H groups in total. The van der Waals surface area contributed by atoms with Gasteiger partial charge in [-0.25, -0.2) is 0 Å². The van der Waals surface area contributed by atoms with E-state index in [9.17, 15) is 4.79 Å². The molecule has 1 amide bonds. The standard InChI is InChI=1S/C16H30N2O3/c1-14-4-2-7-18(12-14)16(20)13-17-8-5-15(6-9-17)21-11-3-10-19/h14-15,19H,2-13H2,1H3. The summed E-state index contributed by atoms with van der Waals surface area (Å²) in [7, 11) is 0. The maximum atomic E-state index is 12.3. The molecule has 1 unspecified atom stereocenters. The molecule has 0 spiro atoms. The second-order valence-electron chi connectivity index (χ2n) is 6.51. The topological polar surface area (TPSA) is 53.0 Å². The summed E-state index contributed by atoms with van der Waals surface area (Å²) in [6, 6.07) is 0. The monoisotopic (exact) mass is 298 g/mol. The molecular formula is C16H30N2O3. The molecule has 2 aliphatic heterocycles. The fraction of sp³-hybridized carbons (Fsp3) is 0.938. The zero-order chi connectivity index (χ0) is 15.1. The molecule has 0 radical (unpaired) electrons. The third kappa shape index (κ3) is 5.57. The van der Waals surface area contributed by atoms with Gasteiger partial charge in [-0.2, -0.15) is 0 Å². The van der Waals surface area contributed by atoms with E-state index >= 15 is 0 Å². The molecule has 0 aliphatic carbocycles. The summed E-state index contributed by atoms with van der Waals surface area (Å²) in [4.78, 5) is 16.6. The summed E-state index contributed by atoms with van der Waals surface area (Å²) in [5, 5.41) is 8.75. The predicted octanol–water partition coefficient (Wildman–Crippen LogP) is 1.11. The molecule has 2 aliphatic rings. The van der Waals surface area contributed by atoms with E-state index in [1.54, 1.807) is 0 Å². The molecule has 0 saturated carbocycles. The van der Waals surface area contributed by atoms with Gasteiger partial charge in [0.1, 0.15) is 0 Å². The molecule has 5 nitrogen and oxygen atoms in total. The molecule has 5 heteroatoms. The Morgan fingerprint density at radius 2 is 2.00 bits per heavy atom. The number of aliphatic hydroxyl groups is 1. The molecule has 0 aromatic carbocycles. The number of hydrogen-bond donors (Lipinski definition) is 1. The van der Waals surface area contributed by atoms with Crippen LogP contribution in [-0.4, -0.2) is 72.9 Å². The largest absolute Gasteiger partial charge is 0.396 e. The second-order valence-corrected chi connectivity index (χ2v) is 6.51. The number of nitrogens with zero attached hydrogens (tertiary/aromatic N) is 2. The van der Waals surface area contributed by atoms with Crippen molar-refractivity contribution in [2.24, 2.45) is 5.92 Å². The van der Waals surface area contributed by atoms with Crippen LogP contribution in [0.1, 0.15) is 39.0 Å². The van der Waals surface area contributed by atoms with Crippen LogP contribution >= 0.6 is 0 Å². The molecule has 0 bridgehead atoms. The Morgan fingerprint density at radius 1 is 1.24 bits per heavy atom. The fourth-order valence-corrected chi connectivity index (χ4v) is 3.26. The van der Waals surface area contributed by atoms with Crippen molar-refractivity contribution in [1.82, 2.24) is 9.80 Å². The minimum absolute atomic E-state index is 0.196. The van der Waals surface area contributed by atoms with E-state index in [4.69, 9.17) is 9.84 Å². The maximum Gasteiger partial charge on any atom is 0.236 e. The maximum absolute atomic E-state index is 12.3. The van der Waals surface area contributed by atoms with E-state index in [0.717, 1.165) is 45.4 Å². The molecule has 2 fully saturated rings. The highest BCUT2D eigenvalue weighted by atomic mass is 16.5. The summed E-state index contributed by atoms with van der Waals surface area (Å²) in [6.45, 7) is 7.39. The van der Waals surface area contributed by atoms with E-state index in [2.05, 4.69) is 11.8 Å². The van der Waals surface area contributed by atoms with Crippen LogP contribution in [0.15, 0.2) is 0 Å². The van der Waals surface area contributed by atoms with E-state index in [0.29, 0.717) is 37.5 Å². The second kappa shape index (κ2) is 8.71. The average molecular weight is 298 g/mol. The van der Waals surface area contributed by atoms with Crippen LogP contribution < -0.4 is 0 Å². The fourth-order valence-electron chi connectivity index (χ4n) is 3.26. The number of carbonyl (C=O) groups is 1. The Kier molecular flexibility index (Phi) is 6.93. The number of carbonyl (C=O) groups excluding carboxylic acids is 1. The van der Waals surface area contributed by atoms with Crippen molar-refractivity contribution in [3.05, 3.63) is 0 Å². The average Bonchev–Trinajstić information content (AvgIpc) is 2.49. The minimum Gasteiger partial charge on any atom is -0.396 e. The Hall–Kier alpha value is -0.650. The van der Waals surface area contributed by atoms with Gasteiger partial charge >= 0.3 is 0 Å². The number of piperidine rings is 2. The molecule has 2 saturated heterocycles. The van der Waals surface area contributed by atoms with Crippen LogP contribution in [-0.2, 0) is 9.53 Å². The van der Waals surface area contributed by atoms with Gasteiger partial charge in [0.25, 0.3) is 0 Å². The van der Waals surface area contributed by atoms with Crippen molar-refractivity contribution in [1.29, 1.82) is 0 Å². The van der Waals surface area contributed by atoms with Gasteiger partial charge in [0.2, 0.25) is 5.91 Å². The Balaban J connectivity index is 1.64. The summed E-state index contributed by atoms with van der Waals surface area (Å²) in [6.07, 6.45) is 5.40. The Bertz CT molecular complexity index is 317.